The van der Waals surface area contributed by atoms with Crippen LogP contribution in [0.25, 0.3) is 0 Å². The molecule has 3 N–H and O–H groups in total. The summed E-state index contributed by atoms with van der Waals surface area (Å²) in [6.45, 7) is 2.20. The van der Waals surface area contributed by atoms with Crippen molar-refractivity contribution in [3.63, 3.8) is 0 Å². The van der Waals surface area contributed by atoms with Crippen LogP contribution in [0.2, 0.25) is 0 Å². The minimum Gasteiger partial charge on any atom is -0.399 e. The van der Waals surface area contributed by atoms with Crippen LogP contribution >= 0.6 is 0 Å². The molecule has 3 rings (SSSR count). The molecule has 6 nitrogen and oxygen atoms in total. The van der Waals surface area contributed by atoms with Gasteiger partial charge in [-0.1, -0.05) is 0 Å². The van der Waals surface area contributed by atoms with Crippen LogP contribution in [0.5, 0.6) is 0 Å². The lowest BCUT2D eigenvalue weighted by molar-refractivity contribution is 0.583. The maximum Gasteiger partial charge on any atom is 0.281 e. The van der Waals surface area contributed by atoms with Crippen molar-refractivity contribution < 1.29 is 8.42 Å². The fraction of sp³-hybridized carbons (Fsp3) is 0.308. The summed E-state index contributed by atoms with van der Waals surface area (Å²) in [6, 6.07) is 5.34. The number of rotatable bonds is 2. The highest BCUT2D eigenvalue weighted by atomic mass is 32.2. The first-order chi connectivity index (χ1) is 9.48. The lowest BCUT2D eigenvalue weighted by Crippen LogP contribution is -2.35. The van der Waals surface area contributed by atoms with E-state index in [0.29, 0.717) is 23.7 Å². The van der Waals surface area contributed by atoms with Crippen molar-refractivity contribution in [1.82, 2.24) is 9.97 Å². The van der Waals surface area contributed by atoms with Gasteiger partial charge in [0, 0.05) is 12.2 Å². The van der Waals surface area contributed by atoms with Crippen molar-refractivity contribution >= 4 is 21.4 Å². The molecular formula is C13H16N4O2S. The summed E-state index contributed by atoms with van der Waals surface area (Å²) < 4.78 is 26.8. The summed E-state index contributed by atoms with van der Waals surface area (Å²) >= 11 is 0. The third-order valence-electron chi connectivity index (χ3n) is 3.43. The Bertz CT molecular complexity index is 751. The van der Waals surface area contributed by atoms with Crippen molar-refractivity contribution in [2.75, 3.05) is 16.6 Å². The zero-order valence-corrected chi connectivity index (χ0v) is 11.9. The van der Waals surface area contributed by atoms with Crippen molar-refractivity contribution in [2.45, 2.75) is 24.8 Å². The number of imidazole rings is 1. The summed E-state index contributed by atoms with van der Waals surface area (Å²) in [5.74, 6) is 0.582. The molecule has 7 heteroatoms. The SMILES string of the molecule is Cc1ncc(S(=O)(=O)N2CCCc3cc(N)ccc32)[nH]1. The highest BCUT2D eigenvalue weighted by Gasteiger charge is 2.30. The van der Waals surface area contributed by atoms with Gasteiger partial charge in [-0.05, 0) is 43.5 Å². The number of aromatic amines is 1. The fourth-order valence-corrected chi connectivity index (χ4v) is 3.99. The Balaban J connectivity index is 2.08. The van der Waals surface area contributed by atoms with Gasteiger partial charge in [-0.25, -0.2) is 4.98 Å². The van der Waals surface area contributed by atoms with Gasteiger partial charge in [0.25, 0.3) is 10.0 Å². The van der Waals surface area contributed by atoms with Gasteiger partial charge in [-0.2, -0.15) is 8.42 Å². The number of nitrogen functional groups attached to an aromatic ring is 1. The molecule has 0 spiro atoms. The fourth-order valence-electron chi connectivity index (χ4n) is 2.48. The molecule has 1 aromatic carbocycles. The second-order valence-corrected chi connectivity index (χ2v) is 6.73. The van der Waals surface area contributed by atoms with Crippen molar-refractivity contribution in [1.29, 1.82) is 0 Å². The van der Waals surface area contributed by atoms with Crippen molar-refractivity contribution in [3.05, 3.63) is 35.8 Å². The molecular weight excluding hydrogens is 276 g/mol. The predicted molar refractivity (Wildman–Crippen MR) is 77.0 cm³/mol. The van der Waals surface area contributed by atoms with Crippen LogP contribution in [0.4, 0.5) is 11.4 Å². The number of hydrogen-bond acceptors (Lipinski definition) is 4. The molecule has 0 amide bonds. The third-order valence-corrected chi connectivity index (χ3v) is 5.15. The van der Waals surface area contributed by atoms with E-state index in [4.69, 9.17) is 5.73 Å². The summed E-state index contributed by atoms with van der Waals surface area (Å²) in [4.78, 5) is 6.76. The van der Waals surface area contributed by atoms with Crippen LogP contribution in [-0.4, -0.2) is 24.9 Å². The highest BCUT2D eigenvalue weighted by molar-refractivity contribution is 7.92. The molecule has 0 radical (unpaired) electrons. The number of sulfonamides is 1. The normalized spacial score (nSPS) is 15.2. The van der Waals surface area contributed by atoms with E-state index in [-0.39, 0.29) is 5.03 Å². The zero-order chi connectivity index (χ0) is 14.3. The quantitative estimate of drug-likeness (QED) is 0.819. The van der Waals surface area contributed by atoms with Crippen LogP contribution in [0.15, 0.2) is 29.4 Å². The first kappa shape index (κ1) is 13.0. The number of fused-ring (bicyclic) bond motifs is 1. The molecule has 0 saturated heterocycles. The summed E-state index contributed by atoms with van der Waals surface area (Å²) in [5, 5.41) is 0.125. The van der Waals surface area contributed by atoms with Crippen LogP contribution in [0, 0.1) is 6.92 Å². The number of aromatic nitrogens is 2. The van der Waals surface area contributed by atoms with Crippen molar-refractivity contribution in [2.24, 2.45) is 0 Å². The molecule has 0 atom stereocenters. The Morgan fingerprint density at radius 1 is 1.40 bits per heavy atom. The second-order valence-electron chi connectivity index (χ2n) is 4.90. The van der Waals surface area contributed by atoms with Gasteiger partial charge in [0.05, 0.1) is 11.9 Å². The lowest BCUT2D eigenvalue weighted by atomic mass is 10.0. The molecule has 0 saturated carbocycles. The molecule has 1 aliphatic rings. The molecule has 2 heterocycles. The number of benzene rings is 1. The van der Waals surface area contributed by atoms with E-state index in [1.54, 1.807) is 19.1 Å². The Hall–Kier alpha value is -2.02. The average Bonchev–Trinajstić information content (AvgIpc) is 2.85. The average molecular weight is 292 g/mol. The van der Waals surface area contributed by atoms with Gasteiger partial charge >= 0.3 is 0 Å². The first-order valence-electron chi connectivity index (χ1n) is 6.41. The van der Waals surface area contributed by atoms with Crippen LogP contribution in [0.3, 0.4) is 0 Å². The number of anilines is 2. The largest absolute Gasteiger partial charge is 0.399 e. The topological polar surface area (TPSA) is 92.1 Å². The Kier molecular flexibility index (Phi) is 2.93. The number of nitrogens with one attached hydrogen (secondary N) is 1. The van der Waals surface area contributed by atoms with E-state index in [9.17, 15) is 8.42 Å². The maximum atomic E-state index is 12.7. The minimum absolute atomic E-state index is 0.125. The van der Waals surface area contributed by atoms with Gasteiger partial charge in [-0.15, -0.1) is 0 Å². The van der Waals surface area contributed by atoms with E-state index in [0.717, 1.165) is 18.4 Å². The molecule has 2 aromatic rings. The highest BCUT2D eigenvalue weighted by Crippen LogP contribution is 2.32. The number of H-pyrrole nitrogens is 1. The minimum atomic E-state index is -3.59. The molecule has 106 valence electrons. The van der Waals surface area contributed by atoms with E-state index in [1.165, 1.54) is 10.5 Å². The monoisotopic (exact) mass is 292 g/mol. The Morgan fingerprint density at radius 2 is 2.20 bits per heavy atom. The zero-order valence-electron chi connectivity index (χ0n) is 11.1. The van der Waals surface area contributed by atoms with Gasteiger partial charge in [0.15, 0.2) is 5.03 Å². The van der Waals surface area contributed by atoms with Gasteiger partial charge in [0.1, 0.15) is 5.82 Å². The van der Waals surface area contributed by atoms with Gasteiger partial charge in [-0.3, -0.25) is 4.31 Å². The molecule has 0 fully saturated rings. The van der Waals surface area contributed by atoms with Gasteiger partial charge in [0.2, 0.25) is 0 Å². The van der Waals surface area contributed by atoms with Crippen LogP contribution in [0.1, 0.15) is 17.8 Å². The van der Waals surface area contributed by atoms with E-state index in [2.05, 4.69) is 9.97 Å². The Morgan fingerprint density at radius 3 is 2.90 bits per heavy atom. The summed E-state index contributed by atoms with van der Waals surface area (Å²) in [5.41, 5.74) is 8.09. The maximum absolute atomic E-state index is 12.7. The summed E-state index contributed by atoms with van der Waals surface area (Å²) in [7, 11) is -3.59. The lowest BCUT2D eigenvalue weighted by Gasteiger charge is -2.30. The van der Waals surface area contributed by atoms with E-state index < -0.39 is 10.0 Å². The summed E-state index contributed by atoms with van der Waals surface area (Å²) in [6.07, 6.45) is 2.98. The first-order valence-corrected chi connectivity index (χ1v) is 7.85. The second kappa shape index (κ2) is 4.52. The molecule has 20 heavy (non-hydrogen) atoms. The van der Waals surface area contributed by atoms with Crippen LogP contribution in [-0.2, 0) is 16.4 Å². The number of nitrogens with zero attached hydrogens (tertiary/aromatic N) is 2. The third kappa shape index (κ3) is 2.03. The number of nitrogens with two attached hydrogens (primary N) is 1. The molecule has 0 unspecified atom stereocenters. The van der Waals surface area contributed by atoms with Gasteiger partial charge < -0.3 is 10.7 Å². The predicted octanol–water partition coefficient (Wildman–Crippen LogP) is 1.44. The van der Waals surface area contributed by atoms with E-state index >= 15 is 0 Å². The van der Waals surface area contributed by atoms with E-state index in [1.807, 2.05) is 6.07 Å². The molecule has 0 bridgehead atoms. The Labute approximate surface area is 117 Å². The molecule has 1 aromatic heterocycles. The smallest absolute Gasteiger partial charge is 0.281 e. The number of hydrogen-bond donors (Lipinski definition) is 2. The standard InChI is InChI=1S/C13H16N4O2S/c1-9-15-8-13(16-9)20(18,19)17-6-2-3-10-7-11(14)4-5-12(10)17/h4-5,7-8H,2-3,6,14H2,1H3,(H,15,16). The number of aryl methyl sites for hydroxylation is 2. The molecule has 0 aliphatic carbocycles. The van der Waals surface area contributed by atoms with Crippen LogP contribution < -0.4 is 10.0 Å². The molecule has 1 aliphatic heterocycles. The van der Waals surface area contributed by atoms with Crippen molar-refractivity contribution in [3.8, 4) is 0 Å².